The van der Waals surface area contributed by atoms with Gasteiger partial charge < -0.3 is 4.98 Å². The van der Waals surface area contributed by atoms with E-state index >= 15 is 0 Å². The lowest BCUT2D eigenvalue weighted by molar-refractivity contribution is 0.102. The van der Waals surface area contributed by atoms with Crippen LogP contribution in [0, 0.1) is 0 Å². The fourth-order valence-electron chi connectivity index (χ4n) is 0.976. The molecule has 7 heteroatoms. The van der Waals surface area contributed by atoms with Crippen LogP contribution in [0.3, 0.4) is 0 Å². The average molecular weight is 307 g/mol. The maximum atomic E-state index is 11.6. The standard InChI is InChI=1S/C8H5BrClN3OS/c9-6-3-12-8(15-6)13-7(14)5-1-4(10)2-11-5/h1-3,11H,(H,12,13,14). The number of anilines is 1. The van der Waals surface area contributed by atoms with E-state index in [1.807, 2.05) is 0 Å². The summed E-state index contributed by atoms with van der Waals surface area (Å²) in [7, 11) is 0. The first kappa shape index (κ1) is 10.7. The summed E-state index contributed by atoms with van der Waals surface area (Å²) in [6, 6.07) is 1.56. The second kappa shape index (κ2) is 4.34. The highest BCUT2D eigenvalue weighted by Crippen LogP contribution is 2.23. The minimum absolute atomic E-state index is 0.260. The summed E-state index contributed by atoms with van der Waals surface area (Å²) in [6.45, 7) is 0. The summed E-state index contributed by atoms with van der Waals surface area (Å²) in [6.07, 6.45) is 3.18. The van der Waals surface area contributed by atoms with Gasteiger partial charge in [-0.05, 0) is 22.0 Å². The number of thiazole rings is 1. The Bertz CT molecular complexity index is 496. The number of carbonyl (C=O) groups is 1. The molecule has 2 rings (SSSR count). The molecule has 0 aliphatic carbocycles. The van der Waals surface area contributed by atoms with E-state index in [-0.39, 0.29) is 5.91 Å². The molecule has 0 aliphatic heterocycles. The summed E-state index contributed by atoms with van der Waals surface area (Å²) in [5.41, 5.74) is 0.409. The van der Waals surface area contributed by atoms with Crippen molar-refractivity contribution in [2.75, 3.05) is 5.32 Å². The lowest BCUT2D eigenvalue weighted by Gasteiger charge is -1.97. The SMILES string of the molecule is O=C(Nc1ncc(Br)s1)c1cc(Cl)c[nH]1. The van der Waals surface area contributed by atoms with Crippen LogP contribution in [0.5, 0.6) is 0 Å². The summed E-state index contributed by atoms with van der Waals surface area (Å²) in [4.78, 5) is 18.3. The van der Waals surface area contributed by atoms with Gasteiger partial charge in [0, 0.05) is 6.20 Å². The molecule has 4 nitrogen and oxygen atoms in total. The fraction of sp³-hybridized carbons (Fsp3) is 0. The number of hydrogen-bond donors (Lipinski definition) is 2. The zero-order valence-electron chi connectivity index (χ0n) is 7.25. The maximum absolute atomic E-state index is 11.6. The van der Waals surface area contributed by atoms with E-state index in [9.17, 15) is 4.79 Å². The molecule has 15 heavy (non-hydrogen) atoms. The lowest BCUT2D eigenvalue weighted by atomic mass is 10.4. The van der Waals surface area contributed by atoms with Gasteiger partial charge >= 0.3 is 0 Å². The Hall–Kier alpha value is -0.850. The van der Waals surface area contributed by atoms with E-state index in [0.29, 0.717) is 15.8 Å². The molecule has 0 aliphatic rings. The number of aromatic nitrogens is 2. The Balaban J connectivity index is 2.10. The van der Waals surface area contributed by atoms with Crippen LogP contribution >= 0.6 is 38.9 Å². The Morgan fingerprint density at radius 2 is 2.47 bits per heavy atom. The molecule has 0 aromatic carbocycles. The highest BCUT2D eigenvalue weighted by molar-refractivity contribution is 9.11. The molecule has 0 bridgehead atoms. The first-order valence-corrected chi connectivity index (χ1v) is 5.90. The molecule has 0 saturated carbocycles. The summed E-state index contributed by atoms with van der Waals surface area (Å²) < 4.78 is 0.863. The van der Waals surface area contributed by atoms with Crippen molar-refractivity contribution in [1.82, 2.24) is 9.97 Å². The average Bonchev–Trinajstić information content (AvgIpc) is 2.75. The van der Waals surface area contributed by atoms with E-state index in [0.717, 1.165) is 3.79 Å². The maximum Gasteiger partial charge on any atom is 0.273 e. The quantitative estimate of drug-likeness (QED) is 0.895. The number of halogens is 2. The predicted molar refractivity (Wildman–Crippen MR) is 63.6 cm³/mol. The van der Waals surface area contributed by atoms with Crippen LogP contribution in [0.25, 0.3) is 0 Å². The van der Waals surface area contributed by atoms with E-state index in [1.165, 1.54) is 11.3 Å². The minimum Gasteiger partial charge on any atom is -0.356 e. The molecule has 2 heterocycles. The number of nitrogens with zero attached hydrogens (tertiary/aromatic N) is 1. The predicted octanol–water partition coefficient (Wildman–Crippen LogP) is 3.14. The molecule has 0 radical (unpaired) electrons. The summed E-state index contributed by atoms with van der Waals surface area (Å²) in [5.74, 6) is -0.260. The number of carbonyl (C=O) groups excluding carboxylic acids is 1. The molecule has 0 fully saturated rings. The number of rotatable bonds is 2. The second-order valence-corrected chi connectivity index (χ2v) is 5.50. The third-order valence-corrected chi connectivity index (χ3v) is 3.20. The van der Waals surface area contributed by atoms with Crippen molar-refractivity contribution >= 4 is 49.9 Å². The zero-order chi connectivity index (χ0) is 10.8. The molecule has 1 amide bonds. The van der Waals surface area contributed by atoms with Crippen molar-refractivity contribution in [3.63, 3.8) is 0 Å². The monoisotopic (exact) mass is 305 g/mol. The van der Waals surface area contributed by atoms with Crippen molar-refractivity contribution in [2.24, 2.45) is 0 Å². The van der Waals surface area contributed by atoms with Gasteiger partial charge in [0.2, 0.25) is 0 Å². The molecular formula is C8H5BrClN3OS. The van der Waals surface area contributed by atoms with E-state index in [2.05, 4.69) is 31.2 Å². The van der Waals surface area contributed by atoms with E-state index in [1.54, 1.807) is 18.5 Å². The van der Waals surface area contributed by atoms with Crippen molar-refractivity contribution < 1.29 is 4.79 Å². The summed E-state index contributed by atoms with van der Waals surface area (Å²) in [5, 5.41) is 3.68. The normalized spacial score (nSPS) is 10.3. The van der Waals surface area contributed by atoms with Crippen LogP contribution < -0.4 is 5.32 Å². The van der Waals surface area contributed by atoms with Gasteiger partial charge in [0.05, 0.1) is 15.0 Å². The van der Waals surface area contributed by atoms with Gasteiger partial charge in [-0.2, -0.15) is 0 Å². The van der Waals surface area contributed by atoms with E-state index < -0.39 is 0 Å². The molecule has 0 saturated heterocycles. The first-order valence-electron chi connectivity index (χ1n) is 3.92. The smallest absolute Gasteiger partial charge is 0.273 e. The van der Waals surface area contributed by atoms with Crippen molar-refractivity contribution in [3.8, 4) is 0 Å². The van der Waals surface area contributed by atoms with Crippen LogP contribution in [-0.2, 0) is 0 Å². The molecular weight excluding hydrogens is 302 g/mol. The summed E-state index contributed by atoms with van der Waals surface area (Å²) >= 11 is 10.3. The Labute approximate surface area is 103 Å². The van der Waals surface area contributed by atoms with Gasteiger partial charge in [0.1, 0.15) is 5.69 Å². The first-order chi connectivity index (χ1) is 7.15. The third-order valence-electron chi connectivity index (χ3n) is 1.59. The number of H-pyrrole nitrogens is 1. The van der Waals surface area contributed by atoms with Crippen molar-refractivity contribution in [3.05, 3.63) is 33.0 Å². The largest absolute Gasteiger partial charge is 0.356 e. The van der Waals surface area contributed by atoms with Crippen molar-refractivity contribution in [1.29, 1.82) is 0 Å². The molecule has 0 atom stereocenters. The van der Waals surface area contributed by atoms with Crippen molar-refractivity contribution in [2.45, 2.75) is 0 Å². The zero-order valence-corrected chi connectivity index (χ0v) is 10.4. The van der Waals surface area contributed by atoms with Crippen LogP contribution in [-0.4, -0.2) is 15.9 Å². The molecule has 2 aromatic heterocycles. The van der Waals surface area contributed by atoms with Gasteiger partial charge in [-0.15, -0.1) is 0 Å². The number of amides is 1. The van der Waals surface area contributed by atoms with Crippen LogP contribution in [0.4, 0.5) is 5.13 Å². The number of hydrogen-bond acceptors (Lipinski definition) is 3. The van der Waals surface area contributed by atoms with Gasteiger partial charge in [0.25, 0.3) is 5.91 Å². The van der Waals surface area contributed by atoms with Gasteiger partial charge in [-0.3, -0.25) is 10.1 Å². The minimum atomic E-state index is -0.260. The molecule has 0 spiro atoms. The lowest BCUT2D eigenvalue weighted by Crippen LogP contribution is -2.11. The topological polar surface area (TPSA) is 57.8 Å². The molecule has 2 aromatic rings. The third kappa shape index (κ3) is 2.58. The highest BCUT2D eigenvalue weighted by atomic mass is 79.9. The van der Waals surface area contributed by atoms with Crippen LogP contribution in [0.15, 0.2) is 22.2 Å². The number of aromatic amines is 1. The fourth-order valence-corrected chi connectivity index (χ4v) is 2.24. The highest BCUT2D eigenvalue weighted by Gasteiger charge is 2.10. The van der Waals surface area contributed by atoms with Gasteiger partial charge in [-0.25, -0.2) is 4.98 Å². The van der Waals surface area contributed by atoms with Crippen LogP contribution in [0.2, 0.25) is 5.02 Å². The second-order valence-electron chi connectivity index (χ2n) is 2.66. The molecule has 78 valence electrons. The van der Waals surface area contributed by atoms with Crippen LogP contribution in [0.1, 0.15) is 10.5 Å². The van der Waals surface area contributed by atoms with Gasteiger partial charge in [0.15, 0.2) is 5.13 Å². The van der Waals surface area contributed by atoms with Gasteiger partial charge in [-0.1, -0.05) is 22.9 Å². The number of nitrogens with one attached hydrogen (secondary N) is 2. The Morgan fingerprint density at radius 1 is 1.67 bits per heavy atom. The Kier molecular flexibility index (Phi) is 3.08. The van der Waals surface area contributed by atoms with E-state index in [4.69, 9.17) is 11.6 Å². The molecule has 2 N–H and O–H groups in total. The molecule has 0 unspecified atom stereocenters. The Morgan fingerprint density at radius 3 is 3.00 bits per heavy atom.